The van der Waals surface area contributed by atoms with Crippen molar-refractivity contribution in [3.8, 4) is 5.75 Å². The van der Waals surface area contributed by atoms with Crippen LogP contribution in [-0.2, 0) is 17.8 Å². The smallest absolute Gasteiger partial charge is 0.387 e. The van der Waals surface area contributed by atoms with E-state index in [1.54, 1.807) is 6.07 Å². The Morgan fingerprint density at radius 2 is 1.90 bits per heavy atom. The molecule has 3 rings (SSSR count). The van der Waals surface area contributed by atoms with E-state index in [-0.39, 0.29) is 22.9 Å². The second-order valence-corrected chi connectivity index (χ2v) is 6.85. The third-order valence-electron chi connectivity index (χ3n) is 3.90. The van der Waals surface area contributed by atoms with E-state index < -0.39 is 12.5 Å². The number of thioether (sulfide) groups is 1. The first kappa shape index (κ1) is 20.6. The normalized spacial score (nSPS) is 10.9. The molecule has 0 saturated carbocycles. The number of aryl methyl sites for hydroxylation is 1. The summed E-state index contributed by atoms with van der Waals surface area (Å²) in [6.45, 7) is -2.58. The number of H-pyrrole nitrogens is 1. The lowest BCUT2D eigenvalue weighted by atomic mass is 10.1. The van der Waals surface area contributed by atoms with Crippen molar-refractivity contribution in [2.45, 2.75) is 24.7 Å². The highest BCUT2D eigenvalue weighted by Gasteiger charge is 2.14. The van der Waals surface area contributed by atoms with Crippen LogP contribution in [0.1, 0.15) is 5.56 Å². The molecule has 152 valence electrons. The van der Waals surface area contributed by atoms with Crippen LogP contribution < -0.4 is 15.7 Å². The molecule has 0 radical (unpaired) electrons. The van der Waals surface area contributed by atoms with Gasteiger partial charge in [-0.1, -0.05) is 54.2 Å². The maximum absolute atomic E-state index is 12.5. The summed E-state index contributed by atoms with van der Waals surface area (Å²) in [6.07, 6.45) is 0.637. The molecule has 3 aromatic rings. The summed E-state index contributed by atoms with van der Waals surface area (Å²) >= 11 is 1.07. The van der Waals surface area contributed by atoms with E-state index in [4.69, 9.17) is 0 Å². The summed E-state index contributed by atoms with van der Waals surface area (Å²) in [5.41, 5.74) is 0.853. The van der Waals surface area contributed by atoms with E-state index in [9.17, 15) is 18.4 Å². The number of aromatic amines is 1. The van der Waals surface area contributed by atoms with Gasteiger partial charge in [0.05, 0.1) is 11.4 Å². The Bertz CT molecular complexity index is 1010. The van der Waals surface area contributed by atoms with Crippen LogP contribution in [0.3, 0.4) is 0 Å². The van der Waals surface area contributed by atoms with E-state index in [1.165, 1.54) is 22.8 Å². The fourth-order valence-corrected chi connectivity index (χ4v) is 3.35. The van der Waals surface area contributed by atoms with Gasteiger partial charge in [0.25, 0.3) is 0 Å². The van der Waals surface area contributed by atoms with Crippen LogP contribution in [-0.4, -0.2) is 33.0 Å². The number of para-hydroxylation sites is 2. The number of aromatic nitrogens is 3. The minimum absolute atomic E-state index is 0.0569. The van der Waals surface area contributed by atoms with Crippen LogP contribution in [0.4, 0.5) is 14.5 Å². The fourth-order valence-electron chi connectivity index (χ4n) is 2.58. The number of hydrogen-bond acceptors (Lipinski definition) is 5. The molecule has 0 saturated heterocycles. The van der Waals surface area contributed by atoms with Crippen molar-refractivity contribution >= 4 is 23.4 Å². The third kappa shape index (κ3) is 5.92. The topological polar surface area (TPSA) is 89.0 Å². The Morgan fingerprint density at radius 1 is 1.17 bits per heavy atom. The van der Waals surface area contributed by atoms with Gasteiger partial charge in [0.2, 0.25) is 5.91 Å². The first-order valence-corrected chi connectivity index (χ1v) is 9.67. The Labute approximate surface area is 169 Å². The summed E-state index contributed by atoms with van der Waals surface area (Å²) in [6, 6.07) is 15.6. The number of nitrogens with zero attached hydrogens (tertiary/aromatic N) is 2. The number of nitrogens with one attached hydrogen (secondary N) is 2. The monoisotopic (exact) mass is 420 g/mol. The lowest BCUT2D eigenvalue weighted by Crippen LogP contribution is -2.20. The molecule has 0 aliphatic carbocycles. The largest absolute Gasteiger partial charge is 0.433 e. The van der Waals surface area contributed by atoms with Gasteiger partial charge in [0.1, 0.15) is 5.75 Å². The maximum atomic E-state index is 12.5. The van der Waals surface area contributed by atoms with Crippen LogP contribution in [0.25, 0.3) is 0 Å². The number of alkyl halides is 2. The molecular weight excluding hydrogens is 402 g/mol. The number of ether oxygens (including phenoxy) is 1. The highest BCUT2D eigenvalue weighted by atomic mass is 32.2. The van der Waals surface area contributed by atoms with Gasteiger partial charge >= 0.3 is 12.3 Å². The Balaban J connectivity index is 1.59. The SMILES string of the molecule is O=C(CSc1n[nH]c(=O)n1CCc1ccccc1)Nc1ccccc1OC(F)F. The third-order valence-corrected chi connectivity index (χ3v) is 4.88. The van der Waals surface area contributed by atoms with Gasteiger partial charge in [0.15, 0.2) is 5.16 Å². The molecule has 0 bridgehead atoms. The molecule has 10 heteroatoms. The number of benzene rings is 2. The summed E-state index contributed by atoms with van der Waals surface area (Å²) in [5, 5.41) is 9.23. The van der Waals surface area contributed by atoms with Crippen molar-refractivity contribution in [2.24, 2.45) is 0 Å². The van der Waals surface area contributed by atoms with Crippen molar-refractivity contribution in [1.82, 2.24) is 14.8 Å². The number of anilines is 1. The molecule has 2 N–H and O–H groups in total. The molecular formula is C19H18F2N4O3S. The summed E-state index contributed by atoms with van der Waals surface area (Å²) in [7, 11) is 0. The maximum Gasteiger partial charge on any atom is 0.387 e. The zero-order valence-electron chi connectivity index (χ0n) is 15.2. The molecule has 0 aliphatic rings. The Hall–Kier alpha value is -3.14. The summed E-state index contributed by atoms with van der Waals surface area (Å²) in [5.74, 6) is -0.621. The van der Waals surface area contributed by atoms with Crippen LogP contribution in [0, 0.1) is 0 Å². The number of hydrogen-bond donors (Lipinski definition) is 2. The van der Waals surface area contributed by atoms with Crippen LogP contribution in [0.2, 0.25) is 0 Å². The second kappa shape index (κ2) is 9.87. The van der Waals surface area contributed by atoms with Crippen molar-refractivity contribution in [1.29, 1.82) is 0 Å². The minimum atomic E-state index is -2.99. The van der Waals surface area contributed by atoms with Gasteiger partial charge in [-0.25, -0.2) is 9.89 Å². The van der Waals surface area contributed by atoms with Crippen molar-refractivity contribution < 1.29 is 18.3 Å². The average Bonchev–Trinajstić information content (AvgIpc) is 3.06. The molecule has 0 spiro atoms. The van der Waals surface area contributed by atoms with Crippen LogP contribution in [0.5, 0.6) is 5.75 Å². The van der Waals surface area contributed by atoms with E-state index in [2.05, 4.69) is 20.3 Å². The number of halogens is 2. The van der Waals surface area contributed by atoms with E-state index in [0.717, 1.165) is 17.3 Å². The molecule has 1 aromatic heterocycles. The predicted molar refractivity (Wildman–Crippen MR) is 105 cm³/mol. The molecule has 7 nitrogen and oxygen atoms in total. The quantitative estimate of drug-likeness (QED) is 0.519. The van der Waals surface area contributed by atoms with Gasteiger partial charge in [-0.3, -0.25) is 9.36 Å². The van der Waals surface area contributed by atoms with Gasteiger partial charge in [-0.2, -0.15) is 8.78 Å². The lowest BCUT2D eigenvalue weighted by molar-refractivity contribution is -0.113. The summed E-state index contributed by atoms with van der Waals surface area (Å²) < 4.78 is 30.8. The molecule has 0 unspecified atom stereocenters. The predicted octanol–water partition coefficient (Wildman–Crippen LogP) is 3.15. The van der Waals surface area contributed by atoms with Crippen LogP contribution >= 0.6 is 11.8 Å². The Morgan fingerprint density at radius 3 is 2.66 bits per heavy atom. The Kier molecular flexibility index (Phi) is 7.01. The zero-order chi connectivity index (χ0) is 20.6. The van der Waals surface area contributed by atoms with E-state index >= 15 is 0 Å². The zero-order valence-corrected chi connectivity index (χ0v) is 16.0. The summed E-state index contributed by atoms with van der Waals surface area (Å²) in [4.78, 5) is 24.2. The average molecular weight is 420 g/mol. The first-order valence-electron chi connectivity index (χ1n) is 8.68. The van der Waals surface area contributed by atoms with Gasteiger partial charge in [-0.15, -0.1) is 5.10 Å². The first-order chi connectivity index (χ1) is 14.0. The molecule has 29 heavy (non-hydrogen) atoms. The number of carbonyl (C=O) groups excluding carboxylic acids is 1. The standard InChI is InChI=1S/C19H18F2N4O3S/c20-17(21)28-15-9-5-4-8-14(15)22-16(26)12-29-19-24-23-18(27)25(19)11-10-13-6-2-1-3-7-13/h1-9,17H,10-12H2,(H,22,26)(H,23,27). The van der Waals surface area contributed by atoms with Gasteiger partial charge < -0.3 is 10.1 Å². The van der Waals surface area contributed by atoms with Gasteiger partial charge in [-0.05, 0) is 24.1 Å². The molecule has 2 aromatic carbocycles. The highest BCUT2D eigenvalue weighted by molar-refractivity contribution is 7.99. The second-order valence-electron chi connectivity index (χ2n) is 5.91. The number of carbonyl (C=O) groups is 1. The number of rotatable bonds is 9. The number of amides is 1. The van der Waals surface area contributed by atoms with Crippen molar-refractivity contribution in [3.05, 3.63) is 70.6 Å². The van der Waals surface area contributed by atoms with Crippen molar-refractivity contribution in [3.63, 3.8) is 0 Å². The fraction of sp³-hybridized carbons (Fsp3) is 0.211. The highest BCUT2D eigenvalue weighted by Crippen LogP contribution is 2.26. The van der Waals surface area contributed by atoms with E-state index in [0.29, 0.717) is 18.1 Å². The lowest BCUT2D eigenvalue weighted by Gasteiger charge is -2.11. The molecule has 1 amide bonds. The van der Waals surface area contributed by atoms with Crippen molar-refractivity contribution in [2.75, 3.05) is 11.1 Å². The molecule has 0 fully saturated rings. The molecule has 0 atom stereocenters. The minimum Gasteiger partial charge on any atom is -0.433 e. The molecule has 1 heterocycles. The van der Waals surface area contributed by atoms with E-state index in [1.807, 2.05) is 30.3 Å². The van der Waals surface area contributed by atoms with Crippen LogP contribution in [0.15, 0.2) is 64.5 Å². The van der Waals surface area contributed by atoms with Gasteiger partial charge in [0, 0.05) is 6.54 Å². The molecule has 0 aliphatic heterocycles.